The summed E-state index contributed by atoms with van der Waals surface area (Å²) < 4.78 is 45.7. The van der Waals surface area contributed by atoms with E-state index in [0.29, 0.717) is 18.2 Å². The monoisotopic (exact) mass is 502 g/mol. The summed E-state index contributed by atoms with van der Waals surface area (Å²) in [6, 6.07) is 12.1. The fourth-order valence-electron chi connectivity index (χ4n) is 4.81. The van der Waals surface area contributed by atoms with Crippen LogP contribution in [0.25, 0.3) is 11.5 Å². The van der Waals surface area contributed by atoms with Gasteiger partial charge in [-0.1, -0.05) is 66.0 Å². The van der Waals surface area contributed by atoms with Crippen LogP contribution in [0.1, 0.15) is 52.5 Å². The van der Waals surface area contributed by atoms with Gasteiger partial charge in [-0.3, -0.25) is 13.9 Å². The predicted octanol–water partition coefficient (Wildman–Crippen LogP) is 7.44. The van der Waals surface area contributed by atoms with Crippen molar-refractivity contribution >= 4 is 17.4 Å². The van der Waals surface area contributed by atoms with Crippen molar-refractivity contribution in [2.45, 2.75) is 60.3 Å². The second-order valence-electron chi connectivity index (χ2n) is 9.31. The van der Waals surface area contributed by atoms with Crippen LogP contribution in [0.4, 0.5) is 13.2 Å². The SMILES string of the molecule is CCCN(Cc1ccc(C)cc1)Cc1c(C(F)(F)F)nc2n(-c3c(C)cc(C)cc3C)c(Cl)cn12. The number of benzene rings is 2. The Kier molecular flexibility index (Phi) is 7.02. The molecule has 8 heteroatoms. The van der Waals surface area contributed by atoms with Crippen LogP contribution < -0.4 is 0 Å². The van der Waals surface area contributed by atoms with Crippen LogP contribution in [0.15, 0.2) is 42.6 Å². The molecule has 0 saturated heterocycles. The number of halogens is 4. The van der Waals surface area contributed by atoms with Gasteiger partial charge in [0.2, 0.25) is 5.78 Å². The van der Waals surface area contributed by atoms with E-state index in [2.05, 4.69) is 4.98 Å². The van der Waals surface area contributed by atoms with Gasteiger partial charge in [0, 0.05) is 19.3 Å². The van der Waals surface area contributed by atoms with E-state index in [-0.39, 0.29) is 18.0 Å². The highest BCUT2D eigenvalue weighted by atomic mass is 35.5. The van der Waals surface area contributed by atoms with E-state index in [1.807, 2.05) is 75.9 Å². The molecule has 0 atom stereocenters. The molecule has 0 saturated carbocycles. The molecule has 0 aliphatic carbocycles. The Labute approximate surface area is 209 Å². The molecule has 4 aromatic rings. The molecule has 0 aliphatic rings. The zero-order chi connectivity index (χ0) is 25.5. The molecule has 0 bridgehead atoms. The molecule has 186 valence electrons. The van der Waals surface area contributed by atoms with Gasteiger partial charge in [0.05, 0.1) is 11.4 Å². The van der Waals surface area contributed by atoms with Gasteiger partial charge in [0.15, 0.2) is 5.69 Å². The summed E-state index contributed by atoms with van der Waals surface area (Å²) >= 11 is 6.62. The van der Waals surface area contributed by atoms with Gasteiger partial charge >= 0.3 is 6.18 Å². The quantitative estimate of drug-likeness (QED) is 0.262. The standard InChI is InChI=1S/C27H30ClF3N4/c1-6-11-33(14-21-9-7-17(2)8-10-21)15-22-25(27(29,30)31)32-26-34(22)16-23(28)35(26)24-19(4)12-18(3)13-20(24)5/h7-10,12-13,16H,6,11,14-15H2,1-5H3. The Morgan fingerprint density at radius 2 is 1.57 bits per heavy atom. The second-order valence-corrected chi connectivity index (χ2v) is 9.69. The van der Waals surface area contributed by atoms with Crippen LogP contribution >= 0.6 is 11.6 Å². The van der Waals surface area contributed by atoms with E-state index in [1.165, 1.54) is 4.40 Å². The highest BCUT2D eigenvalue weighted by Crippen LogP contribution is 2.36. The first kappa shape index (κ1) is 25.3. The van der Waals surface area contributed by atoms with Gasteiger partial charge in [-0.25, -0.2) is 4.98 Å². The summed E-state index contributed by atoms with van der Waals surface area (Å²) in [5.74, 6) is 0.166. The molecule has 0 aliphatic heterocycles. The maximum atomic E-state index is 14.2. The smallest absolute Gasteiger partial charge is 0.293 e. The number of aromatic nitrogens is 3. The number of fused-ring (bicyclic) bond motifs is 1. The molecule has 0 spiro atoms. The van der Waals surface area contributed by atoms with Crippen molar-refractivity contribution in [1.29, 1.82) is 0 Å². The lowest BCUT2D eigenvalue weighted by molar-refractivity contribution is -0.141. The minimum atomic E-state index is -4.59. The van der Waals surface area contributed by atoms with Crippen molar-refractivity contribution in [3.63, 3.8) is 0 Å². The van der Waals surface area contributed by atoms with Crippen LogP contribution in [-0.2, 0) is 19.3 Å². The molecule has 35 heavy (non-hydrogen) atoms. The maximum absolute atomic E-state index is 14.2. The second kappa shape index (κ2) is 9.70. The molecular formula is C27H30ClF3N4. The van der Waals surface area contributed by atoms with E-state index in [9.17, 15) is 13.2 Å². The summed E-state index contributed by atoms with van der Waals surface area (Å²) in [5, 5.41) is 0.318. The first-order valence-corrected chi connectivity index (χ1v) is 12.1. The van der Waals surface area contributed by atoms with E-state index >= 15 is 0 Å². The summed E-state index contributed by atoms with van der Waals surface area (Å²) in [4.78, 5) is 6.13. The first-order valence-electron chi connectivity index (χ1n) is 11.7. The lowest BCUT2D eigenvalue weighted by atomic mass is 10.1. The average molecular weight is 503 g/mol. The van der Waals surface area contributed by atoms with Gasteiger partial charge in [0.25, 0.3) is 0 Å². The van der Waals surface area contributed by atoms with Crippen molar-refractivity contribution in [1.82, 2.24) is 18.9 Å². The minimum absolute atomic E-state index is 0.0936. The fraction of sp³-hybridized carbons (Fsp3) is 0.370. The summed E-state index contributed by atoms with van der Waals surface area (Å²) in [6.07, 6.45) is -2.22. The predicted molar refractivity (Wildman–Crippen MR) is 134 cm³/mol. The molecule has 0 fully saturated rings. The fourth-order valence-corrected chi connectivity index (χ4v) is 5.07. The van der Waals surface area contributed by atoms with Gasteiger partial charge in [0.1, 0.15) is 5.15 Å². The maximum Gasteiger partial charge on any atom is 0.435 e. The highest BCUT2D eigenvalue weighted by molar-refractivity contribution is 6.30. The molecule has 0 N–H and O–H groups in total. The van der Waals surface area contributed by atoms with Gasteiger partial charge in [-0.15, -0.1) is 0 Å². The molecule has 4 nitrogen and oxygen atoms in total. The molecule has 2 aromatic heterocycles. The zero-order valence-electron chi connectivity index (χ0n) is 20.7. The summed E-state index contributed by atoms with van der Waals surface area (Å²) in [6.45, 7) is 11.2. The first-order chi connectivity index (χ1) is 16.5. The number of hydrogen-bond donors (Lipinski definition) is 0. The van der Waals surface area contributed by atoms with Crippen molar-refractivity contribution in [3.05, 3.63) is 87.0 Å². The number of aryl methyl sites for hydroxylation is 4. The van der Waals surface area contributed by atoms with Gasteiger partial charge < -0.3 is 0 Å². The lowest BCUT2D eigenvalue weighted by Gasteiger charge is -2.22. The number of alkyl halides is 3. The van der Waals surface area contributed by atoms with E-state index in [0.717, 1.165) is 39.9 Å². The van der Waals surface area contributed by atoms with Crippen LogP contribution in [-0.4, -0.2) is 25.4 Å². The van der Waals surface area contributed by atoms with Crippen LogP contribution in [0.3, 0.4) is 0 Å². The Hall–Kier alpha value is -2.77. The topological polar surface area (TPSA) is 25.5 Å². The van der Waals surface area contributed by atoms with Gasteiger partial charge in [-0.2, -0.15) is 13.2 Å². The summed E-state index contributed by atoms with van der Waals surface area (Å²) in [7, 11) is 0. The van der Waals surface area contributed by atoms with E-state index in [1.54, 1.807) is 10.8 Å². The minimum Gasteiger partial charge on any atom is -0.293 e. The Morgan fingerprint density at radius 1 is 0.943 bits per heavy atom. The van der Waals surface area contributed by atoms with E-state index in [4.69, 9.17) is 11.6 Å². The molecule has 4 rings (SSSR count). The molecular weight excluding hydrogens is 473 g/mol. The number of hydrogen-bond acceptors (Lipinski definition) is 2. The van der Waals surface area contributed by atoms with Crippen LogP contribution in [0.5, 0.6) is 0 Å². The highest BCUT2D eigenvalue weighted by Gasteiger charge is 2.39. The average Bonchev–Trinajstić information content (AvgIpc) is 3.25. The molecule has 0 unspecified atom stereocenters. The summed E-state index contributed by atoms with van der Waals surface area (Å²) in [5.41, 5.74) is 5.10. The van der Waals surface area contributed by atoms with Crippen molar-refractivity contribution < 1.29 is 13.2 Å². The van der Waals surface area contributed by atoms with E-state index < -0.39 is 11.9 Å². The largest absolute Gasteiger partial charge is 0.435 e. The van der Waals surface area contributed by atoms with Crippen LogP contribution in [0, 0.1) is 27.7 Å². The van der Waals surface area contributed by atoms with Crippen molar-refractivity contribution in [2.75, 3.05) is 6.54 Å². The molecule has 0 amide bonds. The third kappa shape index (κ3) is 5.11. The molecule has 2 aromatic carbocycles. The third-order valence-corrected chi connectivity index (χ3v) is 6.47. The molecule has 2 heterocycles. The molecule has 0 radical (unpaired) electrons. The van der Waals surface area contributed by atoms with Gasteiger partial charge in [-0.05, 0) is 57.4 Å². The Bertz CT molecular complexity index is 1330. The van der Waals surface area contributed by atoms with Crippen molar-refractivity contribution in [3.8, 4) is 5.69 Å². The van der Waals surface area contributed by atoms with Crippen molar-refractivity contribution in [2.24, 2.45) is 0 Å². The normalized spacial score (nSPS) is 12.3. The lowest BCUT2D eigenvalue weighted by Crippen LogP contribution is -2.26. The Balaban J connectivity index is 1.84. The third-order valence-electron chi connectivity index (χ3n) is 6.21. The number of imidazole rings is 2. The number of nitrogens with zero attached hydrogens (tertiary/aromatic N) is 4. The number of rotatable bonds is 7. The zero-order valence-corrected chi connectivity index (χ0v) is 21.4. The van der Waals surface area contributed by atoms with Crippen LogP contribution in [0.2, 0.25) is 5.15 Å². The Morgan fingerprint density at radius 3 is 2.14 bits per heavy atom.